The van der Waals surface area contributed by atoms with Crippen LogP contribution in [0.1, 0.15) is 18.7 Å². The highest BCUT2D eigenvalue weighted by molar-refractivity contribution is 7.89. The van der Waals surface area contributed by atoms with Crippen molar-refractivity contribution in [1.82, 2.24) is 14.3 Å². The van der Waals surface area contributed by atoms with E-state index in [1.165, 1.54) is 11.4 Å². The Balaban J connectivity index is 1.78. The standard InChI is InChI=1S/C17H21N3O4S/c1-13-18-10-9-17(19-13)24-14-6-5-11-20(12-14)25(21,22)16-8-4-3-7-15(16)23-2/h3-4,7-10,14H,5-6,11-12H2,1-2H3. The van der Waals surface area contributed by atoms with Gasteiger partial charge in [0.1, 0.15) is 22.6 Å². The van der Waals surface area contributed by atoms with Gasteiger partial charge in [0.15, 0.2) is 0 Å². The van der Waals surface area contributed by atoms with Crippen molar-refractivity contribution in [3.63, 3.8) is 0 Å². The van der Waals surface area contributed by atoms with E-state index >= 15 is 0 Å². The SMILES string of the molecule is COc1ccccc1S(=O)(=O)N1CCCC(Oc2ccnc(C)n2)C1. The van der Waals surface area contributed by atoms with Crippen LogP contribution in [0.5, 0.6) is 11.6 Å². The summed E-state index contributed by atoms with van der Waals surface area (Å²) in [6.07, 6.45) is 2.89. The molecule has 1 aliphatic heterocycles. The van der Waals surface area contributed by atoms with Gasteiger partial charge in [-0.25, -0.2) is 13.4 Å². The summed E-state index contributed by atoms with van der Waals surface area (Å²) in [5.41, 5.74) is 0. The first kappa shape index (κ1) is 17.6. The lowest BCUT2D eigenvalue weighted by Crippen LogP contribution is -2.44. The van der Waals surface area contributed by atoms with Crippen LogP contribution >= 0.6 is 0 Å². The smallest absolute Gasteiger partial charge is 0.246 e. The van der Waals surface area contributed by atoms with E-state index in [1.54, 1.807) is 43.5 Å². The highest BCUT2D eigenvalue weighted by Crippen LogP contribution is 2.28. The third-order valence-corrected chi connectivity index (χ3v) is 5.97. The molecule has 0 bridgehead atoms. The Morgan fingerprint density at radius 1 is 1.24 bits per heavy atom. The summed E-state index contributed by atoms with van der Waals surface area (Å²) < 4.78 is 38.5. The number of ether oxygens (including phenoxy) is 2. The van der Waals surface area contributed by atoms with Gasteiger partial charge in [0.05, 0.1) is 13.7 Å². The van der Waals surface area contributed by atoms with Crippen LogP contribution in [-0.4, -0.2) is 49.0 Å². The third kappa shape index (κ3) is 3.91. The second kappa shape index (κ2) is 7.37. The summed E-state index contributed by atoms with van der Waals surface area (Å²) in [5.74, 6) is 1.43. The predicted molar refractivity (Wildman–Crippen MR) is 92.2 cm³/mol. The molecule has 1 unspecified atom stereocenters. The molecule has 1 saturated heterocycles. The summed E-state index contributed by atoms with van der Waals surface area (Å²) in [7, 11) is -2.18. The van der Waals surface area contributed by atoms with Gasteiger partial charge in [-0.1, -0.05) is 12.1 Å². The van der Waals surface area contributed by atoms with Crippen LogP contribution < -0.4 is 9.47 Å². The number of rotatable bonds is 5. The normalized spacial score (nSPS) is 18.7. The molecule has 0 amide bonds. The lowest BCUT2D eigenvalue weighted by molar-refractivity contribution is 0.124. The summed E-state index contributed by atoms with van der Waals surface area (Å²) in [6.45, 7) is 2.53. The number of nitrogens with zero attached hydrogens (tertiary/aromatic N) is 3. The Labute approximate surface area is 147 Å². The molecule has 0 N–H and O–H groups in total. The van der Waals surface area contributed by atoms with E-state index in [-0.39, 0.29) is 17.5 Å². The maximum atomic E-state index is 13.0. The van der Waals surface area contributed by atoms with Crippen LogP contribution in [0.2, 0.25) is 0 Å². The number of hydrogen-bond acceptors (Lipinski definition) is 6. The zero-order valence-corrected chi connectivity index (χ0v) is 15.1. The maximum Gasteiger partial charge on any atom is 0.246 e. The number of aryl methyl sites for hydroxylation is 1. The number of benzene rings is 1. The molecule has 3 rings (SSSR count). The average molecular weight is 363 g/mol. The molecule has 1 aromatic carbocycles. The van der Waals surface area contributed by atoms with Crippen molar-refractivity contribution in [3.8, 4) is 11.6 Å². The monoisotopic (exact) mass is 363 g/mol. The molecule has 134 valence electrons. The van der Waals surface area contributed by atoms with E-state index in [4.69, 9.17) is 9.47 Å². The summed E-state index contributed by atoms with van der Waals surface area (Å²) in [6, 6.07) is 8.33. The van der Waals surface area contributed by atoms with Gasteiger partial charge >= 0.3 is 0 Å². The van der Waals surface area contributed by atoms with Gasteiger partial charge in [-0.05, 0) is 31.9 Å². The van der Waals surface area contributed by atoms with Gasteiger partial charge in [-0.15, -0.1) is 0 Å². The number of methoxy groups -OCH3 is 1. The molecule has 0 aliphatic carbocycles. The largest absolute Gasteiger partial charge is 0.495 e. The summed E-state index contributed by atoms with van der Waals surface area (Å²) in [5, 5.41) is 0. The quantitative estimate of drug-likeness (QED) is 0.808. The van der Waals surface area contributed by atoms with Crippen LogP contribution in [0.15, 0.2) is 41.4 Å². The van der Waals surface area contributed by atoms with Crippen LogP contribution in [0, 0.1) is 6.92 Å². The van der Waals surface area contributed by atoms with Gasteiger partial charge in [-0.3, -0.25) is 0 Å². The second-order valence-corrected chi connectivity index (χ2v) is 7.74. The molecule has 0 radical (unpaired) electrons. The highest BCUT2D eigenvalue weighted by atomic mass is 32.2. The molecule has 2 heterocycles. The van der Waals surface area contributed by atoms with Crippen molar-refractivity contribution in [2.75, 3.05) is 20.2 Å². The van der Waals surface area contributed by atoms with E-state index in [0.29, 0.717) is 24.0 Å². The summed E-state index contributed by atoms with van der Waals surface area (Å²) in [4.78, 5) is 8.43. The molecule has 7 nitrogen and oxygen atoms in total. The molecule has 1 atom stereocenters. The minimum absolute atomic E-state index is 0.177. The number of aromatic nitrogens is 2. The van der Waals surface area contributed by atoms with Crippen molar-refractivity contribution in [3.05, 3.63) is 42.4 Å². The van der Waals surface area contributed by atoms with Crippen LogP contribution in [0.3, 0.4) is 0 Å². The summed E-state index contributed by atoms with van der Waals surface area (Å²) >= 11 is 0. The van der Waals surface area contributed by atoms with Crippen molar-refractivity contribution >= 4 is 10.0 Å². The van der Waals surface area contributed by atoms with Gasteiger partial charge in [-0.2, -0.15) is 9.29 Å². The number of piperidine rings is 1. The Morgan fingerprint density at radius 2 is 2.04 bits per heavy atom. The first-order valence-corrected chi connectivity index (χ1v) is 9.54. The van der Waals surface area contributed by atoms with Crippen LogP contribution in [0.4, 0.5) is 0 Å². The van der Waals surface area contributed by atoms with E-state index in [1.807, 2.05) is 0 Å². The van der Waals surface area contributed by atoms with Gasteiger partial charge < -0.3 is 9.47 Å². The fourth-order valence-corrected chi connectivity index (χ4v) is 4.53. The maximum absolute atomic E-state index is 13.0. The number of para-hydroxylation sites is 1. The van der Waals surface area contributed by atoms with E-state index < -0.39 is 10.0 Å². The first-order valence-electron chi connectivity index (χ1n) is 8.10. The van der Waals surface area contributed by atoms with Gasteiger partial charge in [0.2, 0.25) is 15.9 Å². The Hall–Kier alpha value is -2.19. The molecule has 0 saturated carbocycles. The van der Waals surface area contributed by atoms with E-state index in [9.17, 15) is 8.42 Å². The topological polar surface area (TPSA) is 81.6 Å². The zero-order valence-electron chi connectivity index (χ0n) is 14.3. The molecule has 1 aromatic heterocycles. The Morgan fingerprint density at radius 3 is 2.80 bits per heavy atom. The van der Waals surface area contributed by atoms with Gasteiger partial charge in [0.25, 0.3) is 0 Å². The number of sulfonamides is 1. The molecule has 2 aromatic rings. The second-order valence-electron chi connectivity index (χ2n) is 5.84. The van der Waals surface area contributed by atoms with Crippen molar-refractivity contribution in [2.24, 2.45) is 0 Å². The fourth-order valence-electron chi connectivity index (χ4n) is 2.86. The van der Waals surface area contributed by atoms with E-state index in [0.717, 1.165) is 12.8 Å². The Bertz CT molecular complexity index is 841. The fraction of sp³-hybridized carbons (Fsp3) is 0.412. The highest BCUT2D eigenvalue weighted by Gasteiger charge is 2.33. The average Bonchev–Trinajstić information content (AvgIpc) is 2.62. The van der Waals surface area contributed by atoms with Crippen molar-refractivity contribution in [1.29, 1.82) is 0 Å². The van der Waals surface area contributed by atoms with Crippen molar-refractivity contribution in [2.45, 2.75) is 30.8 Å². The molecular weight excluding hydrogens is 342 g/mol. The molecule has 8 heteroatoms. The molecule has 25 heavy (non-hydrogen) atoms. The van der Waals surface area contributed by atoms with E-state index in [2.05, 4.69) is 9.97 Å². The van der Waals surface area contributed by atoms with Crippen LogP contribution in [-0.2, 0) is 10.0 Å². The molecule has 1 aliphatic rings. The molecule has 0 spiro atoms. The van der Waals surface area contributed by atoms with Gasteiger partial charge in [0, 0.05) is 18.8 Å². The molecule has 1 fully saturated rings. The van der Waals surface area contributed by atoms with Crippen LogP contribution in [0.25, 0.3) is 0 Å². The molecular formula is C17H21N3O4S. The lowest BCUT2D eigenvalue weighted by atomic mass is 10.1. The van der Waals surface area contributed by atoms with Crippen molar-refractivity contribution < 1.29 is 17.9 Å². The minimum Gasteiger partial charge on any atom is -0.495 e. The zero-order chi connectivity index (χ0) is 17.9. The predicted octanol–water partition coefficient (Wildman–Crippen LogP) is 2.03. The Kier molecular flexibility index (Phi) is 5.19. The first-order chi connectivity index (χ1) is 12.0. The lowest BCUT2D eigenvalue weighted by Gasteiger charge is -2.32. The third-order valence-electron chi connectivity index (χ3n) is 4.07. The number of hydrogen-bond donors (Lipinski definition) is 0. The minimum atomic E-state index is -3.64.